The van der Waals surface area contributed by atoms with E-state index in [2.05, 4.69) is 0 Å². The van der Waals surface area contributed by atoms with Gasteiger partial charge in [0, 0.05) is 17.7 Å². The van der Waals surface area contributed by atoms with Gasteiger partial charge in [0.1, 0.15) is 11.2 Å². The Kier molecular flexibility index (Phi) is 4.82. The van der Waals surface area contributed by atoms with E-state index in [4.69, 9.17) is 26.8 Å². The average molecular weight is 286 g/mol. The molecule has 0 spiro atoms. The van der Waals surface area contributed by atoms with Gasteiger partial charge in [0.05, 0.1) is 0 Å². The molecule has 0 aromatic heterocycles. The molecule has 0 aliphatic carbocycles. The fraction of sp³-hybridized carbons (Fsp3) is 0.500. The highest BCUT2D eigenvalue weighted by Gasteiger charge is 2.49. The third kappa shape index (κ3) is 2.85. The number of hydrogen-bond acceptors (Lipinski definition) is 3. The van der Waals surface area contributed by atoms with Crippen molar-refractivity contribution in [2.75, 3.05) is 7.11 Å². The highest BCUT2D eigenvalue weighted by Crippen LogP contribution is 2.44. The minimum absolute atomic E-state index is 0.562. The number of rotatable bonds is 5. The van der Waals surface area contributed by atoms with E-state index >= 15 is 0 Å². The summed E-state index contributed by atoms with van der Waals surface area (Å²) in [5, 5.41) is 0.562. The van der Waals surface area contributed by atoms with Crippen molar-refractivity contribution in [3.05, 3.63) is 34.9 Å². The first kappa shape index (κ1) is 15.8. The molecule has 5 heteroatoms. The van der Waals surface area contributed by atoms with Gasteiger partial charge in [-0.05, 0) is 26.3 Å². The number of benzene rings is 1. The molecule has 0 radical (unpaired) electrons. The van der Waals surface area contributed by atoms with Crippen LogP contribution in [-0.2, 0) is 15.1 Å². The Morgan fingerprint density at radius 1 is 1.37 bits per heavy atom. The monoisotopic (exact) mass is 285 g/mol. The van der Waals surface area contributed by atoms with Crippen LogP contribution in [0.3, 0.4) is 0 Å². The van der Waals surface area contributed by atoms with Crippen molar-refractivity contribution in [1.82, 2.24) is 0 Å². The highest BCUT2D eigenvalue weighted by atomic mass is 35.5. The first-order valence-corrected chi connectivity index (χ1v) is 6.47. The highest BCUT2D eigenvalue weighted by molar-refractivity contribution is 6.31. The van der Waals surface area contributed by atoms with Crippen molar-refractivity contribution in [2.45, 2.75) is 38.4 Å². The lowest BCUT2D eigenvalue weighted by Gasteiger charge is -2.44. The van der Waals surface area contributed by atoms with E-state index in [9.17, 15) is 4.79 Å². The first-order chi connectivity index (χ1) is 8.80. The molecule has 2 N–H and O–H groups in total. The van der Waals surface area contributed by atoms with Crippen LogP contribution in [0.1, 0.15) is 32.8 Å². The molecule has 1 aromatic rings. The van der Waals surface area contributed by atoms with Gasteiger partial charge < -0.3 is 15.2 Å². The molecular weight excluding hydrogens is 266 g/mol. The third-order valence-corrected chi connectivity index (χ3v) is 3.81. The molecule has 0 bridgehead atoms. The molecule has 19 heavy (non-hydrogen) atoms. The zero-order valence-electron chi connectivity index (χ0n) is 11.7. The van der Waals surface area contributed by atoms with Crippen molar-refractivity contribution < 1.29 is 14.3 Å². The molecule has 0 aliphatic heterocycles. The van der Waals surface area contributed by atoms with Crippen LogP contribution in [0.15, 0.2) is 24.3 Å². The lowest BCUT2D eigenvalue weighted by atomic mass is 9.77. The minimum atomic E-state index is -0.951. The summed E-state index contributed by atoms with van der Waals surface area (Å²) in [6, 6.07) is 7.34. The largest absolute Gasteiger partial charge is 0.440 e. The summed E-state index contributed by atoms with van der Waals surface area (Å²) in [4.78, 5) is 11.1. The van der Waals surface area contributed by atoms with Gasteiger partial charge in [-0.15, -0.1) is 0 Å². The van der Waals surface area contributed by atoms with Crippen LogP contribution in [0, 0.1) is 0 Å². The normalized spacial score (nSPS) is 14.8. The van der Waals surface area contributed by atoms with E-state index in [1.165, 1.54) is 0 Å². The lowest BCUT2D eigenvalue weighted by molar-refractivity contribution is -0.160. The SMILES string of the molecule is CC[C@@](OC)(c1ccccc1Cl)C(C)(C)OC(N)=O. The van der Waals surface area contributed by atoms with Crippen molar-refractivity contribution in [1.29, 1.82) is 0 Å². The van der Waals surface area contributed by atoms with Gasteiger partial charge in [0.25, 0.3) is 0 Å². The summed E-state index contributed by atoms with van der Waals surface area (Å²) in [5.74, 6) is 0. The Balaban J connectivity index is 3.40. The minimum Gasteiger partial charge on any atom is -0.440 e. The molecule has 4 nitrogen and oxygen atoms in total. The number of nitrogens with two attached hydrogens (primary N) is 1. The standard InChI is InChI=1S/C14H20ClNO3/c1-5-14(18-4,13(2,3)19-12(16)17)10-8-6-7-9-11(10)15/h6-9H,5H2,1-4H3,(H2,16,17)/t14-/m1/s1. The molecule has 0 aliphatic rings. The van der Waals surface area contributed by atoms with E-state index < -0.39 is 17.3 Å². The van der Waals surface area contributed by atoms with E-state index in [-0.39, 0.29) is 0 Å². The zero-order valence-corrected chi connectivity index (χ0v) is 12.5. The van der Waals surface area contributed by atoms with Gasteiger partial charge in [0.2, 0.25) is 0 Å². The van der Waals surface area contributed by atoms with Crippen LogP contribution in [0.5, 0.6) is 0 Å². The maximum Gasteiger partial charge on any atom is 0.405 e. The fourth-order valence-electron chi connectivity index (χ4n) is 2.56. The molecule has 1 rings (SSSR count). The van der Waals surface area contributed by atoms with Crippen molar-refractivity contribution in [2.24, 2.45) is 5.73 Å². The Hall–Kier alpha value is -1.26. The van der Waals surface area contributed by atoms with Crippen LogP contribution in [0.25, 0.3) is 0 Å². The van der Waals surface area contributed by atoms with Crippen LogP contribution < -0.4 is 5.73 Å². The van der Waals surface area contributed by atoms with Crippen molar-refractivity contribution >= 4 is 17.7 Å². The van der Waals surface area contributed by atoms with Crippen LogP contribution >= 0.6 is 11.6 Å². The summed E-state index contributed by atoms with van der Waals surface area (Å²) in [6.45, 7) is 5.46. The molecule has 1 amide bonds. The second kappa shape index (κ2) is 5.80. The number of hydrogen-bond donors (Lipinski definition) is 1. The topological polar surface area (TPSA) is 61.6 Å². The van der Waals surface area contributed by atoms with Gasteiger partial charge in [-0.2, -0.15) is 0 Å². The Morgan fingerprint density at radius 3 is 2.37 bits per heavy atom. The predicted molar refractivity (Wildman–Crippen MR) is 75.2 cm³/mol. The number of halogens is 1. The maximum absolute atomic E-state index is 11.1. The molecule has 0 unspecified atom stereocenters. The summed E-state index contributed by atoms with van der Waals surface area (Å²) in [7, 11) is 1.57. The predicted octanol–water partition coefficient (Wildman–Crippen LogP) is 3.47. The first-order valence-electron chi connectivity index (χ1n) is 6.09. The number of carbonyl (C=O) groups excluding carboxylic acids is 1. The van der Waals surface area contributed by atoms with E-state index in [1.54, 1.807) is 27.0 Å². The molecule has 0 fully saturated rings. The second-order valence-corrected chi connectivity index (χ2v) is 5.20. The number of carbonyl (C=O) groups is 1. The van der Waals surface area contributed by atoms with E-state index in [0.29, 0.717) is 11.4 Å². The van der Waals surface area contributed by atoms with Gasteiger partial charge >= 0.3 is 6.09 Å². The summed E-state index contributed by atoms with van der Waals surface area (Å²) in [5.41, 5.74) is 4.11. The smallest absolute Gasteiger partial charge is 0.405 e. The second-order valence-electron chi connectivity index (χ2n) is 4.80. The number of amides is 1. The number of methoxy groups -OCH3 is 1. The Bertz CT molecular complexity index is 456. The zero-order chi connectivity index (χ0) is 14.7. The van der Waals surface area contributed by atoms with Crippen molar-refractivity contribution in [3.8, 4) is 0 Å². The number of ether oxygens (including phenoxy) is 2. The lowest BCUT2D eigenvalue weighted by Crippen LogP contribution is -2.52. The van der Waals surface area contributed by atoms with E-state index in [1.807, 2.05) is 25.1 Å². The van der Waals surface area contributed by atoms with Crippen LogP contribution in [0.2, 0.25) is 5.02 Å². The van der Waals surface area contributed by atoms with Gasteiger partial charge in [-0.1, -0.05) is 36.7 Å². The molecule has 1 atom stereocenters. The van der Waals surface area contributed by atoms with Gasteiger partial charge in [-0.25, -0.2) is 4.79 Å². The summed E-state index contributed by atoms with van der Waals surface area (Å²) >= 11 is 6.26. The molecule has 106 valence electrons. The number of primary amides is 1. The molecular formula is C14H20ClNO3. The molecule has 0 saturated carbocycles. The average Bonchev–Trinajstić information content (AvgIpc) is 2.31. The van der Waals surface area contributed by atoms with E-state index in [0.717, 1.165) is 5.56 Å². The third-order valence-electron chi connectivity index (χ3n) is 3.48. The van der Waals surface area contributed by atoms with Crippen LogP contribution in [-0.4, -0.2) is 18.8 Å². The van der Waals surface area contributed by atoms with Crippen molar-refractivity contribution in [3.63, 3.8) is 0 Å². The Morgan fingerprint density at radius 2 is 1.95 bits per heavy atom. The Labute approximate surface area is 118 Å². The quantitative estimate of drug-likeness (QED) is 0.901. The van der Waals surface area contributed by atoms with Crippen LogP contribution in [0.4, 0.5) is 4.79 Å². The molecule has 1 aromatic carbocycles. The van der Waals surface area contributed by atoms with Gasteiger partial charge in [-0.3, -0.25) is 0 Å². The molecule has 0 heterocycles. The summed E-state index contributed by atoms with van der Waals surface area (Å²) in [6.07, 6.45) is -0.264. The maximum atomic E-state index is 11.1. The summed E-state index contributed by atoms with van der Waals surface area (Å²) < 4.78 is 11.0. The fourth-order valence-corrected chi connectivity index (χ4v) is 2.85. The molecule has 0 saturated heterocycles. The van der Waals surface area contributed by atoms with Gasteiger partial charge in [0.15, 0.2) is 0 Å².